The van der Waals surface area contributed by atoms with Crippen molar-refractivity contribution in [2.24, 2.45) is 0 Å². The fourth-order valence-corrected chi connectivity index (χ4v) is 1.98. The van der Waals surface area contributed by atoms with Crippen LogP contribution in [0.1, 0.15) is 30.4 Å². The molecule has 2 aromatic rings. The summed E-state index contributed by atoms with van der Waals surface area (Å²) in [6.45, 7) is 6.14. The minimum Gasteiger partial charge on any atom is -0.497 e. The van der Waals surface area contributed by atoms with Crippen molar-refractivity contribution < 1.29 is 14.0 Å². The summed E-state index contributed by atoms with van der Waals surface area (Å²) < 4.78 is 16.2. The Labute approximate surface area is 125 Å². The highest BCUT2D eigenvalue weighted by Crippen LogP contribution is 2.25. The molecule has 21 heavy (non-hydrogen) atoms. The summed E-state index contributed by atoms with van der Waals surface area (Å²) in [5.41, 5.74) is 1.88. The first kappa shape index (κ1) is 15.4. The molecule has 1 heterocycles. The van der Waals surface area contributed by atoms with Crippen molar-refractivity contribution in [3.8, 4) is 11.5 Å². The van der Waals surface area contributed by atoms with Gasteiger partial charge >= 0.3 is 0 Å². The molecule has 1 N–H and O–H groups in total. The van der Waals surface area contributed by atoms with Crippen molar-refractivity contribution in [2.75, 3.05) is 13.7 Å². The second-order valence-corrected chi connectivity index (χ2v) is 4.87. The number of aryl methyl sites for hydroxylation is 1. The average Bonchev–Trinajstić information content (AvgIpc) is 2.92. The Kier molecular flexibility index (Phi) is 5.63. The van der Waals surface area contributed by atoms with Gasteiger partial charge in [-0.3, -0.25) is 0 Å². The molecule has 0 saturated heterocycles. The van der Waals surface area contributed by atoms with E-state index in [-0.39, 0.29) is 0 Å². The maximum atomic E-state index is 5.87. The third-order valence-corrected chi connectivity index (χ3v) is 3.07. The quantitative estimate of drug-likeness (QED) is 0.757. The molecule has 1 aromatic carbocycles. The van der Waals surface area contributed by atoms with Gasteiger partial charge in [-0.25, -0.2) is 0 Å². The van der Waals surface area contributed by atoms with Gasteiger partial charge in [-0.2, -0.15) is 0 Å². The predicted molar refractivity (Wildman–Crippen MR) is 80.6 cm³/mol. The fraction of sp³-hybridized carbons (Fsp3) is 0.438. The minimum absolute atomic E-state index is 0.380. The lowest BCUT2D eigenvalue weighted by Gasteiger charge is -2.12. The zero-order valence-electron chi connectivity index (χ0n) is 12.8. The molecule has 0 aliphatic carbocycles. The molecule has 0 radical (unpaired) electrons. The van der Waals surface area contributed by atoms with E-state index in [1.807, 2.05) is 31.2 Å². The van der Waals surface area contributed by atoms with Gasteiger partial charge in [0.1, 0.15) is 29.6 Å². The number of benzene rings is 1. The number of aromatic nitrogens is 1. The van der Waals surface area contributed by atoms with Gasteiger partial charge in [0.15, 0.2) is 0 Å². The van der Waals surface area contributed by atoms with Crippen LogP contribution in [-0.2, 0) is 13.2 Å². The number of nitrogens with zero attached hydrogens (tertiary/aromatic N) is 1. The van der Waals surface area contributed by atoms with Crippen LogP contribution in [-0.4, -0.2) is 18.8 Å². The van der Waals surface area contributed by atoms with E-state index in [1.165, 1.54) is 0 Å². The zero-order chi connectivity index (χ0) is 15.1. The first-order valence-corrected chi connectivity index (χ1v) is 7.15. The van der Waals surface area contributed by atoms with E-state index < -0.39 is 0 Å². The Morgan fingerprint density at radius 3 is 2.81 bits per heavy atom. The molecular weight excluding hydrogens is 268 g/mol. The molecule has 0 spiro atoms. The Hall–Kier alpha value is -2.01. The van der Waals surface area contributed by atoms with Gasteiger partial charge in [-0.1, -0.05) is 18.1 Å². The van der Waals surface area contributed by atoms with E-state index in [9.17, 15) is 0 Å². The van der Waals surface area contributed by atoms with E-state index in [0.29, 0.717) is 6.61 Å². The van der Waals surface area contributed by atoms with Crippen LogP contribution in [0, 0.1) is 6.92 Å². The summed E-state index contributed by atoms with van der Waals surface area (Å²) in [4.78, 5) is 0. The standard InChI is InChI=1S/C16H22N2O3/c1-4-7-17-10-13-5-6-15(19-3)9-16(13)20-11-14-8-12(2)21-18-14/h5-6,8-9,17H,4,7,10-11H2,1-3H3. The van der Waals surface area contributed by atoms with Crippen LogP contribution < -0.4 is 14.8 Å². The van der Waals surface area contributed by atoms with Gasteiger partial charge in [-0.15, -0.1) is 0 Å². The first-order chi connectivity index (χ1) is 10.2. The minimum atomic E-state index is 0.380. The van der Waals surface area contributed by atoms with E-state index in [1.54, 1.807) is 7.11 Å². The Bertz CT molecular complexity index is 566. The van der Waals surface area contributed by atoms with Crippen LogP contribution in [0.5, 0.6) is 11.5 Å². The molecular formula is C16H22N2O3. The number of rotatable bonds is 8. The lowest BCUT2D eigenvalue weighted by molar-refractivity contribution is 0.283. The predicted octanol–water partition coefficient (Wildman–Crippen LogP) is 3.07. The monoisotopic (exact) mass is 290 g/mol. The molecule has 114 valence electrons. The van der Waals surface area contributed by atoms with Gasteiger partial charge in [0.05, 0.1) is 7.11 Å². The Morgan fingerprint density at radius 1 is 1.29 bits per heavy atom. The van der Waals surface area contributed by atoms with Gasteiger partial charge < -0.3 is 19.3 Å². The molecule has 0 saturated carbocycles. The van der Waals surface area contributed by atoms with Crippen LogP contribution in [0.4, 0.5) is 0 Å². The third-order valence-electron chi connectivity index (χ3n) is 3.07. The average molecular weight is 290 g/mol. The van der Waals surface area contributed by atoms with E-state index in [2.05, 4.69) is 17.4 Å². The summed E-state index contributed by atoms with van der Waals surface area (Å²) >= 11 is 0. The molecule has 0 aliphatic rings. The molecule has 0 unspecified atom stereocenters. The summed E-state index contributed by atoms with van der Waals surface area (Å²) in [6, 6.07) is 7.73. The van der Waals surface area contributed by atoms with Crippen LogP contribution in [0.3, 0.4) is 0 Å². The molecule has 5 heteroatoms. The molecule has 1 aromatic heterocycles. The molecule has 0 atom stereocenters. The highest BCUT2D eigenvalue weighted by molar-refractivity contribution is 5.40. The number of nitrogens with one attached hydrogen (secondary N) is 1. The van der Waals surface area contributed by atoms with Crippen LogP contribution in [0.2, 0.25) is 0 Å². The highest BCUT2D eigenvalue weighted by atomic mass is 16.5. The second-order valence-electron chi connectivity index (χ2n) is 4.87. The van der Waals surface area contributed by atoms with Crippen molar-refractivity contribution in [1.82, 2.24) is 10.5 Å². The van der Waals surface area contributed by atoms with Crippen molar-refractivity contribution in [1.29, 1.82) is 0 Å². The lowest BCUT2D eigenvalue weighted by Crippen LogP contribution is -2.14. The Morgan fingerprint density at radius 2 is 2.14 bits per heavy atom. The van der Waals surface area contributed by atoms with Gasteiger partial charge in [-0.05, 0) is 26.0 Å². The SMILES string of the molecule is CCCNCc1ccc(OC)cc1OCc1cc(C)on1. The maximum absolute atomic E-state index is 5.87. The smallest absolute Gasteiger partial charge is 0.134 e. The van der Waals surface area contributed by atoms with Crippen molar-refractivity contribution >= 4 is 0 Å². The van der Waals surface area contributed by atoms with E-state index >= 15 is 0 Å². The zero-order valence-corrected chi connectivity index (χ0v) is 12.8. The van der Waals surface area contributed by atoms with E-state index in [4.69, 9.17) is 14.0 Å². The van der Waals surface area contributed by atoms with Crippen molar-refractivity contribution in [2.45, 2.75) is 33.4 Å². The first-order valence-electron chi connectivity index (χ1n) is 7.15. The molecule has 0 bridgehead atoms. The molecule has 5 nitrogen and oxygen atoms in total. The maximum Gasteiger partial charge on any atom is 0.134 e. The summed E-state index contributed by atoms with van der Waals surface area (Å²) in [7, 11) is 1.65. The normalized spacial score (nSPS) is 10.6. The fourth-order valence-electron chi connectivity index (χ4n) is 1.98. The largest absolute Gasteiger partial charge is 0.497 e. The van der Waals surface area contributed by atoms with Crippen molar-refractivity contribution in [3.63, 3.8) is 0 Å². The molecule has 0 aliphatic heterocycles. The summed E-state index contributed by atoms with van der Waals surface area (Å²) in [5, 5.41) is 7.31. The summed E-state index contributed by atoms with van der Waals surface area (Å²) in [6.07, 6.45) is 1.10. The molecule has 0 fully saturated rings. The molecule has 2 rings (SSSR count). The van der Waals surface area contributed by atoms with Gasteiger partial charge in [0.25, 0.3) is 0 Å². The lowest BCUT2D eigenvalue weighted by atomic mass is 10.2. The number of ether oxygens (including phenoxy) is 2. The van der Waals surface area contributed by atoms with Crippen LogP contribution >= 0.6 is 0 Å². The van der Waals surface area contributed by atoms with Crippen LogP contribution in [0.15, 0.2) is 28.8 Å². The summed E-state index contributed by atoms with van der Waals surface area (Å²) in [5.74, 6) is 2.36. The third kappa shape index (κ3) is 4.49. The van der Waals surface area contributed by atoms with Crippen LogP contribution in [0.25, 0.3) is 0 Å². The van der Waals surface area contributed by atoms with Gasteiger partial charge in [0.2, 0.25) is 0 Å². The van der Waals surface area contributed by atoms with Gasteiger partial charge in [0, 0.05) is 24.2 Å². The molecule has 0 amide bonds. The highest BCUT2D eigenvalue weighted by Gasteiger charge is 2.08. The number of methoxy groups -OCH3 is 1. The van der Waals surface area contributed by atoms with Crippen molar-refractivity contribution in [3.05, 3.63) is 41.3 Å². The Balaban J connectivity index is 2.06. The number of hydrogen-bond donors (Lipinski definition) is 1. The van der Waals surface area contributed by atoms with E-state index in [0.717, 1.165) is 48.0 Å². The topological polar surface area (TPSA) is 56.5 Å². The second kappa shape index (κ2) is 7.69. The number of hydrogen-bond acceptors (Lipinski definition) is 5.